The second kappa shape index (κ2) is 7.71. The number of rotatable bonds is 5. The Hall–Kier alpha value is -2.54. The Kier molecular flexibility index (Phi) is 5.63. The van der Waals surface area contributed by atoms with E-state index in [9.17, 15) is 9.59 Å². The molecule has 1 unspecified atom stereocenters. The highest BCUT2D eigenvalue weighted by Gasteiger charge is 2.38. The summed E-state index contributed by atoms with van der Waals surface area (Å²) in [6.07, 6.45) is 0.848. The van der Waals surface area contributed by atoms with E-state index >= 15 is 0 Å². The Morgan fingerprint density at radius 1 is 1.03 bits per heavy atom. The highest BCUT2D eigenvalue weighted by atomic mass is 16.6. The Bertz CT molecular complexity index is 900. The van der Waals surface area contributed by atoms with Gasteiger partial charge in [0.2, 0.25) is 6.10 Å². The number of esters is 2. The summed E-state index contributed by atoms with van der Waals surface area (Å²) in [4.78, 5) is 28.6. The van der Waals surface area contributed by atoms with Gasteiger partial charge in [-0.2, -0.15) is 0 Å². The summed E-state index contributed by atoms with van der Waals surface area (Å²) < 4.78 is 17.3. The molecule has 2 heterocycles. The number of H-pyrrole nitrogens is 1. The zero-order valence-corrected chi connectivity index (χ0v) is 17.9. The normalized spacial score (nSPS) is 16.2. The van der Waals surface area contributed by atoms with Crippen LogP contribution in [-0.2, 0) is 14.3 Å². The first-order valence-corrected chi connectivity index (χ1v) is 9.88. The number of benzene rings is 1. The van der Waals surface area contributed by atoms with Crippen molar-refractivity contribution in [2.24, 2.45) is 5.92 Å². The zero-order chi connectivity index (χ0) is 21.4. The van der Waals surface area contributed by atoms with Gasteiger partial charge in [-0.15, -0.1) is 0 Å². The maximum atomic E-state index is 12.8. The van der Waals surface area contributed by atoms with Crippen molar-refractivity contribution in [2.75, 3.05) is 13.1 Å². The number of aromatic amines is 1. The second-order valence-corrected chi connectivity index (χ2v) is 9.37. The fourth-order valence-electron chi connectivity index (χ4n) is 3.10. The van der Waals surface area contributed by atoms with E-state index in [1.807, 2.05) is 53.7 Å². The summed E-state index contributed by atoms with van der Waals surface area (Å²) in [6.45, 7) is 12.3. The van der Waals surface area contributed by atoms with Gasteiger partial charge in [-0.3, -0.25) is 0 Å². The number of hydrogen-bond acceptors (Lipinski definition) is 6. The molecule has 0 radical (unpaired) electrons. The minimum absolute atomic E-state index is 0.00373. The molecule has 1 aliphatic heterocycles. The first-order chi connectivity index (χ1) is 13.4. The maximum absolute atomic E-state index is 12.8. The van der Waals surface area contributed by atoms with Crippen molar-refractivity contribution in [3.05, 3.63) is 30.0 Å². The van der Waals surface area contributed by atoms with Crippen molar-refractivity contribution in [3.8, 4) is 5.75 Å². The van der Waals surface area contributed by atoms with E-state index in [4.69, 9.17) is 14.2 Å². The van der Waals surface area contributed by atoms with Crippen molar-refractivity contribution in [2.45, 2.75) is 58.8 Å². The van der Waals surface area contributed by atoms with Gasteiger partial charge in [0.05, 0.1) is 16.5 Å². The first-order valence-electron chi connectivity index (χ1n) is 9.88. The zero-order valence-electron chi connectivity index (χ0n) is 17.9. The van der Waals surface area contributed by atoms with Gasteiger partial charge in [0.15, 0.2) is 0 Å². The van der Waals surface area contributed by atoms with Crippen molar-refractivity contribution < 1.29 is 23.8 Å². The van der Waals surface area contributed by atoms with E-state index in [0.29, 0.717) is 29.8 Å². The fourth-order valence-corrected chi connectivity index (χ4v) is 3.10. The van der Waals surface area contributed by atoms with Crippen LogP contribution >= 0.6 is 0 Å². The van der Waals surface area contributed by atoms with Crippen molar-refractivity contribution in [1.29, 1.82) is 0 Å². The van der Waals surface area contributed by atoms with E-state index in [1.54, 1.807) is 12.3 Å². The van der Waals surface area contributed by atoms with Crippen molar-refractivity contribution in [1.82, 2.24) is 10.3 Å². The maximum Gasteiger partial charge on any atom is 0.348 e. The van der Waals surface area contributed by atoms with E-state index in [-0.39, 0.29) is 5.92 Å². The summed E-state index contributed by atoms with van der Waals surface area (Å²) in [5.74, 6) is -0.398. The van der Waals surface area contributed by atoms with Gasteiger partial charge in [-0.05, 0) is 53.7 Å². The van der Waals surface area contributed by atoms with Crippen LogP contribution in [0, 0.1) is 5.92 Å². The third-order valence-electron chi connectivity index (χ3n) is 4.42. The third kappa shape index (κ3) is 5.09. The average Bonchev–Trinajstić information content (AvgIpc) is 2.94. The van der Waals surface area contributed by atoms with E-state index < -0.39 is 29.2 Å². The molecule has 1 aliphatic rings. The monoisotopic (exact) mass is 402 g/mol. The molecular formula is C22H30N2O5. The molecule has 2 N–H and O–H groups in total. The molecule has 158 valence electrons. The standard InChI is InChI=1S/C22H30N2O5/c1-21(2,3)28-19(25)14-12-24-15-8-7-9-16(17(14)15)27-18(13-10-23-11-13)20(26)29-22(4,5)6/h7-9,12-13,18,23-24H,10-11H2,1-6H3. The molecular weight excluding hydrogens is 372 g/mol. The summed E-state index contributed by atoms with van der Waals surface area (Å²) >= 11 is 0. The second-order valence-electron chi connectivity index (χ2n) is 9.37. The molecule has 7 heteroatoms. The SMILES string of the molecule is CC(C)(C)OC(=O)c1c[nH]c2cccc(OC(C(=O)OC(C)(C)C)C3CNC3)c12. The average molecular weight is 402 g/mol. The summed E-state index contributed by atoms with van der Waals surface area (Å²) in [5.41, 5.74) is -0.122. The summed E-state index contributed by atoms with van der Waals surface area (Å²) in [6, 6.07) is 5.43. The van der Waals surface area contributed by atoms with Gasteiger partial charge in [-0.1, -0.05) is 6.07 Å². The Morgan fingerprint density at radius 2 is 1.69 bits per heavy atom. The lowest BCUT2D eigenvalue weighted by molar-refractivity contribution is -0.167. The molecule has 1 saturated heterocycles. The molecule has 0 amide bonds. The molecule has 0 spiro atoms. The van der Waals surface area contributed by atoms with Gasteiger partial charge < -0.3 is 24.5 Å². The number of nitrogens with one attached hydrogen (secondary N) is 2. The molecule has 1 aromatic carbocycles. The molecule has 0 aliphatic carbocycles. The topological polar surface area (TPSA) is 89.7 Å². The van der Waals surface area contributed by atoms with Crippen LogP contribution in [0.15, 0.2) is 24.4 Å². The highest BCUT2D eigenvalue weighted by Crippen LogP contribution is 2.32. The van der Waals surface area contributed by atoms with Gasteiger partial charge in [0.25, 0.3) is 0 Å². The predicted octanol–water partition coefficient (Wildman–Crippen LogP) is 3.43. The van der Waals surface area contributed by atoms with Crippen LogP contribution in [0.1, 0.15) is 51.9 Å². The smallest absolute Gasteiger partial charge is 0.348 e. The van der Waals surface area contributed by atoms with Crippen LogP contribution in [-0.4, -0.2) is 47.3 Å². The largest absolute Gasteiger partial charge is 0.478 e. The molecule has 2 aromatic rings. The lowest BCUT2D eigenvalue weighted by Gasteiger charge is -2.35. The number of hydrogen-bond donors (Lipinski definition) is 2. The molecule has 1 fully saturated rings. The molecule has 1 aromatic heterocycles. The van der Waals surface area contributed by atoms with Crippen LogP contribution in [0.5, 0.6) is 5.75 Å². The fraction of sp³-hybridized carbons (Fsp3) is 0.545. The highest BCUT2D eigenvalue weighted by molar-refractivity contribution is 6.06. The lowest BCUT2D eigenvalue weighted by Crippen LogP contribution is -2.54. The third-order valence-corrected chi connectivity index (χ3v) is 4.42. The van der Waals surface area contributed by atoms with Gasteiger partial charge in [-0.25, -0.2) is 9.59 Å². The molecule has 3 rings (SSSR count). The number of aromatic nitrogens is 1. The van der Waals surface area contributed by atoms with Gasteiger partial charge in [0, 0.05) is 25.2 Å². The number of fused-ring (bicyclic) bond motifs is 1. The van der Waals surface area contributed by atoms with Crippen LogP contribution in [0.25, 0.3) is 10.9 Å². The molecule has 0 saturated carbocycles. The lowest BCUT2D eigenvalue weighted by atomic mass is 9.96. The predicted molar refractivity (Wildman–Crippen MR) is 110 cm³/mol. The molecule has 29 heavy (non-hydrogen) atoms. The summed E-state index contributed by atoms with van der Waals surface area (Å²) in [5, 5.41) is 3.76. The van der Waals surface area contributed by atoms with Gasteiger partial charge in [0.1, 0.15) is 17.0 Å². The van der Waals surface area contributed by atoms with E-state index in [0.717, 1.165) is 5.52 Å². The first kappa shape index (κ1) is 21.2. The molecule has 7 nitrogen and oxygen atoms in total. The number of carbonyl (C=O) groups excluding carboxylic acids is 2. The molecule has 0 bridgehead atoms. The van der Waals surface area contributed by atoms with Crippen LogP contribution < -0.4 is 10.1 Å². The Morgan fingerprint density at radius 3 is 2.24 bits per heavy atom. The van der Waals surface area contributed by atoms with Crippen LogP contribution in [0.4, 0.5) is 0 Å². The number of carbonyl (C=O) groups is 2. The van der Waals surface area contributed by atoms with Crippen LogP contribution in [0.2, 0.25) is 0 Å². The van der Waals surface area contributed by atoms with E-state index in [2.05, 4.69) is 10.3 Å². The molecule has 1 atom stereocenters. The number of ether oxygens (including phenoxy) is 3. The minimum Gasteiger partial charge on any atom is -0.478 e. The van der Waals surface area contributed by atoms with Crippen LogP contribution in [0.3, 0.4) is 0 Å². The summed E-state index contributed by atoms with van der Waals surface area (Å²) in [7, 11) is 0. The Balaban J connectivity index is 1.94. The van der Waals surface area contributed by atoms with E-state index in [1.165, 1.54) is 0 Å². The van der Waals surface area contributed by atoms with Gasteiger partial charge >= 0.3 is 11.9 Å². The van der Waals surface area contributed by atoms with Crippen molar-refractivity contribution in [3.63, 3.8) is 0 Å². The quantitative estimate of drug-likeness (QED) is 0.745. The Labute approximate surface area is 171 Å². The minimum atomic E-state index is -0.762. The van der Waals surface area contributed by atoms with Crippen molar-refractivity contribution >= 4 is 22.8 Å².